The molecule has 1 unspecified atom stereocenters. The Balaban J connectivity index is 1.48. The fourth-order valence-corrected chi connectivity index (χ4v) is 3.77. The molecule has 0 aromatic heterocycles. The second kappa shape index (κ2) is 9.90. The maximum absolute atomic E-state index is 12.7. The SMILES string of the molecule is CC(C)C(NC(=O)C1CCCCC1)C(=O)NCc1ccc(NC(=O)C2CC2)cc1. The van der Waals surface area contributed by atoms with E-state index >= 15 is 0 Å². The van der Waals surface area contributed by atoms with Crippen LogP contribution in [0.4, 0.5) is 5.69 Å². The molecule has 1 aromatic carbocycles. The quantitative estimate of drug-likeness (QED) is 0.626. The Morgan fingerprint density at radius 2 is 1.52 bits per heavy atom. The molecule has 3 amide bonds. The highest BCUT2D eigenvalue weighted by Crippen LogP contribution is 2.30. The van der Waals surface area contributed by atoms with Gasteiger partial charge in [0.15, 0.2) is 0 Å². The lowest BCUT2D eigenvalue weighted by atomic mass is 9.88. The number of anilines is 1. The van der Waals surface area contributed by atoms with Crippen LogP contribution in [0.15, 0.2) is 24.3 Å². The summed E-state index contributed by atoms with van der Waals surface area (Å²) in [5, 5.41) is 8.82. The predicted molar refractivity (Wildman–Crippen MR) is 113 cm³/mol. The van der Waals surface area contributed by atoms with Crippen LogP contribution in [-0.4, -0.2) is 23.8 Å². The van der Waals surface area contributed by atoms with Crippen LogP contribution in [-0.2, 0) is 20.9 Å². The Morgan fingerprint density at radius 3 is 2.10 bits per heavy atom. The van der Waals surface area contributed by atoms with Gasteiger partial charge in [-0.1, -0.05) is 45.2 Å². The third-order valence-corrected chi connectivity index (χ3v) is 5.86. The molecule has 0 radical (unpaired) electrons. The van der Waals surface area contributed by atoms with Gasteiger partial charge in [-0.2, -0.15) is 0 Å². The smallest absolute Gasteiger partial charge is 0.243 e. The Kier molecular flexibility index (Phi) is 7.29. The molecule has 0 saturated heterocycles. The number of carbonyl (C=O) groups excluding carboxylic acids is 3. The monoisotopic (exact) mass is 399 g/mol. The van der Waals surface area contributed by atoms with Crippen LogP contribution in [0, 0.1) is 17.8 Å². The number of rotatable bonds is 8. The maximum Gasteiger partial charge on any atom is 0.243 e. The molecule has 2 saturated carbocycles. The van der Waals surface area contributed by atoms with E-state index in [1.54, 1.807) is 0 Å². The van der Waals surface area contributed by atoms with Gasteiger partial charge in [0, 0.05) is 24.1 Å². The van der Waals surface area contributed by atoms with Crippen molar-refractivity contribution in [2.24, 2.45) is 17.8 Å². The minimum Gasteiger partial charge on any atom is -0.350 e. The lowest BCUT2D eigenvalue weighted by Gasteiger charge is -2.26. The van der Waals surface area contributed by atoms with Gasteiger partial charge in [0.25, 0.3) is 0 Å². The Morgan fingerprint density at radius 1 is 0.897 bits per heavy atom. The summed E-state index contributed by atoms with van der Waals surface area (Å²) < 4.78 is 0. The van der Waals surface area contributed by atoms with Crippen LogP contribution < -0.4 is 16.0 Å². The highest BCUT2D eigenvalue weighted by atomic mass is 16.2. The molecule has 2 aliphatic carbocycles. The molecule has 1 aromatic rings. The molecule has 2 fully saturated rings. The second-order valence-electron chi connectivity index (χ2n) is 8.74. The van der Waals surface area contributed by atoms with E-state index < -0.39 is 6.04 Å². The first-order valence-corrected chi connectivity index (χ1v) is 10.9. The van der Waals surface area contributed by atoms with Crippen molar-refractivity contribution in [3.05, 3.63) is 29.8 Å². The third-order valence-electron chi connectivity index (χ3n) is 5.86. The van der Waals surface area contributed by atoms with E-state index in [2.05, 4.69) is 16.0 Å². The molecule has 0 spiro atoms. The topological polar surface area (TPSA) is 87.3 Å². The fraction of sp³-hybridized carbons (Fsp3) is 0.609. The van der Waals surface area contributed by atoms with Crippen molar-refractivity contribution >= 4 is 23.4 Å². The molecule has 3 N–H and O–H groups in total. The van der Waals surface area contributed by atoms with Gasteiger partial charge in [0.2, 0.25) is 17.7 Å². The summed E-state index contributed by atoms with van der Waals surface area (Å²) in [4.78, 5) is 37.0. The van der Waals surface area contributed by atoms with Gasteiger partial charge < -0.3 is 16.0 Å². The van der Waals surface area contributed by atoms with Crippen LogP contribution in [0.2, 0.25) is 0 Å². The van der Waals surface area contributed by atoms with Gasteiger partial charge in [0.1, 0.15) is 6.04 Å². The van der Waals surface area contributed by atoms with Gasteiger partial charge >= 0.3 is 0 Å². The zero-order valence-corrected chi connectivity index (χ0v) is 17.5. The summed E-state index contributed by atoms with van der Waals surface area (Å²) in [5.74, 6) is 0.161. The molecule has 0 bridgehead atoms. The van der Waals surface area contributed by atoms with Crippen molar-refractivity contribution in [3.63, 3.8) is 0 Å². The van der Waals surface area contributed by atoms with E-state index in [-0.39, 0.29) is 35.5 Å². The predicted octanol–water partition coefficient (Wildman–Crippen LogP) is 3.37. The van der Waals surface area contributed by atoms with Gasteiger partial charge in [-0.05, 0) is 49.3 Å². The highest BCUT2D eigenvalue weighted by Gasteiger charge is 2.30. The highest BCUT2D eigenvalue weighted by molar-refractivity contribution is 5.94. The largest absolute Gasteiger partial charge is 0.350 e. The fourth-order valence-electron chi connectivity index (χ4n) is 3.77. The zero-order valence-electron chi connectivity index (χ0n) is 17.5. The normalized spacial score (nSPS) is 18.2. The van der Waals surface area contributed by atoms with Gasteiger partial charge in [-0.15, -0.1) is 0 Å². The number of benzene rings is 1. The van der Waals surface area contributed by atoms with Crippen LogP contribution in [0.5, 0.6) is 0 Å². The number of hydrogen-bond donors (Lipinski definition) is 3. The maximum atomic E-state index is 12.7. The molecule has 6 heteroatoms. The number of amides is 3. The van der Waals surface area contributed by atoms with Gasteiger partial charge in [0.05, 0.1) is 0 Å². The van der Waals surface area contributed by atoms with Crippen molar-refractivity contribution in [2.45, 2.75) is 71.4 Å². The summed E-state index contributed by atoms with van der Waals surface area (Å²) >= 11 is 0. The lowest BCUT2D eigenvalue weighted by Crippen LogP contribution is -2.51. The van der Waals surface area contributed by atoms with E-state index in [4.69, 9.17) is 0 Å². The van der Waals surface area contributed by atoms with Crippen LogP contribution in [0.1, 0.15) is 64.4 Å². The Bertz CT molecular complexity index is 719. The van der Waals surface area contributed by atoms with E-state index in [1.165, 1.54) is 6.42 Å². The van der Waals surface area contributed by atoms with Crippen molar-refractivity contribution < 1.29 is 14.4 Å². The summed E-state index contributed by atoms with van der Waals surface area (Å²) in [6, 6.07) is 6.97. The summed E-state index contributed by atoms with van der Waals surface area (Å²) in [6.07, 6.45) is 7.17. The first kappa shape index (κ1) is 21.3. The first-order chi connectivity index (χ1) is 13.9. The summed E-state index contributed by atoms with van der Waals surface area (Å²) in [5.41, 5.74) is 1.72. The average Bonchev–Trinajstić information content (AvgIpc) is 3.57. The van der Waals surface area contributed by atoms with Crippen molar-refractivity contribution in [3.8, 4) is 0 Å². The molecule has 3 rings (SSSR count). The van der Waals surface area contributed by atoms with Crippen molar-refractivity contribution in [1.82, 2.24) is 10.6 Å². The van der Waals surface area contributed by atoms with E-state index in [1.807, 2.05) is 38.1 Å². The van der Waals surface area contributed by atoms with Crippen LogP contribution in [0.3, 0.4) is 0 Å². The standard InChI is InChI=1S/C23H33N3O3/c1-15(2)20(26-22(28)17-6-4-3-5-7-17)23(29)24-14-16-8-12-19(13-9-16)25-21(27)18-10-11-18/h8-9,12-13,15,17-18,20H,3-7,10-11,14H2,1-2H3,(H,24,29)(H,25,27)(H,26,28). The average molecular weight is 400 g/mol. The first-order valence-electron chi connectivity index (χ1n) is 10.9. The molecule has 29 heavy (non-hydrogen) atoms. The molecule has 158 valence electrons. The van der Waals surface area contributed by atoms with Gasteiger partial charge in [-0.25, -0.2) is 0 Å². The Labute approximate surface area is 173 Å². The zero-order chi connectivity index (χ0) is 20.8. The minimum atomic E-state index is -0.526. The number of hydrogen-bond acceptors (Lipinski definition) is 3. The molecule has 2 aliphatic rings. The van der Waals surface area contributed by atoms with Gasteiger partial charge in [-0.3, -0.25) is 14.4 Å². The number of nitrogens with one attached hydrogen (secondary N) is 3. The van der Waals surface area contributed by atoms with Crippen molar-refractivity contribution in [2.75, 3.05) is 5.32 Å². The van der Waals surface area contributed by atoms with Crippen LogP contribution >= 0.6 is 0 Å². The summed E-state index contributed by atoms with van der Waals surface area (Å²) in [7, 11) is 0. The summed E-state index contributed by atoms with van der Waals surface area (Å²) in [6.45, 7) is 4.28. The van der Waals surface area contributed by atoms with E-state index in [0.717, 1.165) is 49.8 Å². The Hall–Kier alpha value is -2.37. The third kappa shape index (κ3) is 6.31. The van der Waals surface area contributed by atoms with Crippen molar-refractivity contribution in [1.29, 1.82) is 0 Å². The molecular formula is C23H33N3O3. The van der Waals surface area contributed by atoms with Crippen LogP contribution in [0.25, 0.3) is 0 Å². The molecular weight excluding hydrogens is 366 g/mol. The number of carbonyl (C=O) groups is 3. The second-order valence-corrected chi connectivity index (χ2v) is 8.74. The van der Waals surface area contributed by atoms with E-state index in [0.29, 0.717) is 6.54 Å². The lowest BCUT2D eigenvalue weighted by molar-refractivity contribution is -0.132. The molecule has 0 aliphatic heterocycles. The van der Waals surface area contributed by atoms with E-state index in [9.17, 15) is 14.4 Å². The molecule has 6 nitrogen and oxygen atoms in total. The molecule has 1 atom stereocenters. The molecule has 0 heterocycles. The minimum absolute atomic E-state index is 0.00862.